The van der Waals surface area contributed by atoms with Crippen LogP contribution >= 0.6 is 11.3 Å². The molecule has 0 atom stereocenters. The van der Waals surface area contributed by atoms with Gasteiger partial charge in [0, 0.05) is 36.1 Å². The van der Waals surface area contributed by atoms with Crippen LogP contribution in [-0.4, -0.2) is 17.5 Å². The second kappa shape index (κ2) is 6.12. The van der Waals surface area contributed by atoms with Crippen LogP contribution < -0.4 is 5.32 Å². The summed E-state index contributed by atoms with van der Waals surface area (Å²) in [5.74, 6) is 1.07. The first-order valence-electron chi connectivity index (χ1n) is 7.28. The van der Waals surface area contributed by atoms with E-state index >= 15 is 0 Å². The Kier molecular flexibility index (Phi) is 4.24. The van der Waals surface area contributed by atoms with Crippen molar-refractivity contribution in [1.29, 1.82) is 0 Å². The molecule has 20 heavy (non-hydrogen) atoms. The molecule has 0 saturated carbocycles. The lowest BCUT2D eigenvalue weighted by molar-refractivity contribution is 0.227. The van der Waals surface area contributed by atoms with Gasteiger partial charge in [0.1, 0.15) is 5.76 Å². The van der Waals surface area contributed by atoms with E-state index in [1.807, 2.05) is 17.6 Å². The minimum absolute atomic E-state index is 0.507. The highest BCUT2D eigenvalue weighted by atomic mass is 32.1. The van der Waals surface area contributed by atoms with Gasteiger partial charge in [-0.25, -0.2) is 0 Å². The van der Waals surface area contributed by atoms with Crippen LogP contribution in [0.4, 0.5) is 0 Å². The predicted octanol–water partition coefficient (Wildman–Crippen LogP) is 3.40. The lowest BCUT2D eigenvalue weighted by Gasteiger charge is -2.25. The van der Waals surface area contributed by atoms with Crippen molar-refractivity contribution in [1.82, 2.24) is 10.2 Å². The molecule has 3 nitrogen and oxygen atoms in total. The molecule has 0 spiro atoms. The zero-order valence-corrected chi connectivity index (χ0v) is 13.0. The van der Waals surface area contributed by atoms with Gasteiger partial charge in [-0.05, 0) is 29.5 Å². The van der Waals surface area contributed by atoms with Crippen LogP contribution in [0.3, 0.4) is 0 Å². The summed E-state index contributed by atoms with van der Waals surface area (Å²) in [7, 11) is 0. The maximum Gasteiger partial charge on any atom is 0.118 e. The van der Waals surface area contributed by atoms with Crippen molar-refractivity contribution in [2.24, 2.45) is 0 Å². The number of rotatable bonds is 5. The number of nitrogens with zero attached hydrogens (tertiary/aromatic N) is 1. The van der Waals surface area contributed by atoms with E-state index in [2.05, 4.69) is 41.6 Å². The van der Waals surface area contributed by atoms with Gasteiger partial charge in [0.2, 0.25) is 0 Å². The number of fused-ring (bicyclic) bond motifs is 1. The lowest BCUT2D eigenvalue weighted by Crippen LogP contribution is -2.28. The standard InChI is InChI=1S/C16H22N2OS/c1-12(2)17-8-13-7-15(19-11-13)10-18-5-3-16-14(9-18)4-6-20-16/h4,6-7,11-12,17H,3,5,8-10H2,1-2H3. The lowest BCUT2D eigenvalue weighted by atomic mass is 10.1. The van der Waals surface area contributed by atoms with E-state index in [4.69, 9.17) is 4.42 Å². The van der Waals surface area contributed by atoms with E-state index in [1.165, 1.54) is 17.5 Å². The van der Waals surface area contributed by atoms with Crippen LogP contribution in [0.1, 0.15) is 35.6 Å². The normalized spacial score (nSPS) is 15.8. The molecule has 0 bridgehead atoms. The molecular formula is C16H22N2OS. The van der Waals surface area contributed by atoms with E-state index in [1.54, 1.807) is 4.88 Å². The molecule has 0 fully saturated rings. The van der Waals surface area contributed by atoms with Crippen molar-refractivity contribution in [3.63, 3.8) is 0 Å². The molecule has 3 rings (SSSR count). The monoisotopic (exact) mass is 290 g/mol. The Labute approximate surface area is 124 Å². The van der Waals surface area contributed by atoms with Gasteiger partial charge in [-0.15, -0.1) is 11.3 Å². The maximum atomic E-state index is 5.69. The molecule has 3 heterocycles. The van der Waals surface area contributed by atoms with E-state index in [0.717, 1.165) is 31.9 Å². The van der Waals surface area contributed by atoms with E-state index < -0.39 is 0 Å². The molecular weight excluding hydrogens is 268 g/mol. The average Bonchev–Trinajstić information content (AvgIpc) is 3.04. The molecule has 0 aromatic carbocycles. The molecule has 2 aromatic rings. The van der Waals surface area contributed by atoms with E-state index in [0.29, 0.717) is 6.04 Å². The topological polar surface area (TPSA) is 28.4 Å². The minimum Gasteiger partial charge on any atom is -0.468 e. The summed E-state index contributed by atoms with van der Waals surface area (Å²) >= 11 is 1.89. The molecule has 1 aliphatic rings. The molecule has 0 radical (unpaired) electrons. The first-order chi connectivity index (χ1) is 9.70. The van der Waals surface area contributed by atoms with Gasteiger partial charge < -0.3 is 9.73 Å². The van der Waals surface area contributed by atoms with Crippen LogP contribution in [0.2, 0.25) is 0 Å². The molecule has 0 amide bonds. The summed E-state index contributed by atoms with van der Waals surface area (Å²) < 4.78 is 5.69. The second-order valence-corrected chi connectivity index (χ2v) is 6.79. The molecule has 1 N–H and O–H groups in total. The fourth-order valence-electron chi connectivity index (χ4n) is 2.59. The van der Waals surface area contributed by atoms with Gasteiger partial charge >= 0.3 is 0 Å². The summed E-state index contributed by atoms with van der Waals surface area (Å²) in [6, 6.07) is 4.94. The highest BCUT2D eigenvalue weighted by molar-refractivity contribution is 7.10. The Morgan fingerprint density at radius 1 is 1.45 bits per heavy atom. The Balaban J connectivity index is 1.56. The number of furan rings is 1. The smallest absolute Gasteiger partial charge is 0.118 e. The summed E-state index contributed by atoms with van der Waals surface area (Å²) in [5, 5.41) is 5.62. The number of nitrogens with one attached hydrogen (secondary N) is 1. The average molecular weight is 290 g/mol. The van der Waals surface area contributed by atoms with Crippen LogP contribution in [0.25, 0.3) is 0 Å². The van der Waals surface area contributed by atoms with Gasteiger partial charge in [0.25, 0.3) is 0 Å². The van der Waals surface area contributed by atoms with Crippen molar-refractivity contribution in [3.05, 3.63) is 45.5 Å². The van der Waals surface area contributed by atoms with Gasteiger partial charge in [-0.3, -0.25) is 4.90 Å². The Bertz CT molecular complexity index is 558. The quantitative estimate of drug-likeness (QED) is 0.915. The van der Waals surface area contributed by atoms with Crippen molar-refractivity contribution < 1.29 is 4.42 Å². The molecule has 1 aliphatic heterocycles. The highest BCUT2D eigenvalue weighted by Gasteiger charge is 2.18. The van der Waals surface area contributed by atoms with Crippen molar-refractivity contribution in [2.45, 2.75) is 45.9 Å². The van der Waals surface area contributed by atoms with Gasteiger partial charge in [0.05, 0.1) is 12.8 Å². The largest absolute Gasteiger partial charge is 0.468 e. The number of hydrogen-bond acceptors (Lipinski definition) is 4. The molecule has 4 heteroatoms. The fraction of sp³-hybridized carbons (Fsp3) is 0.500. The second-order valence-electron chi connectivity index (χ2n) is 5.79. The van der Waals surface area contributed by atoms with Crippen LogP contribution in [0.5, 0.6) is 0 Å². The molecule has 0 unspecified atom stereocenters. The summed E-state index contributed by atoms with van der Waals surface area (Å²) in [4.78, 5) is 4.02. The Hall–Kier alpha value is -1.10. The minimum atomic E-state index is 0.507. The van der Waals surface area contributed by atoms with Gasteiger partial charge in [-0.1, -0.05) is 13.8 Å². The predicted molar refractivity (Wildman–Crippen MR) is 82.8 cm³/mol. The Morgan fingerprint density at radius 3 is 3.20 bits per heavy atom. The van der Waals surface area contributed by atoms with Crippen LogP contribution in [-0.2, 0) is 26.1 Å². The Morgan fingerprint density at radius 2 is 2.35 bits per heavy atom. The molecule has 0 aliphatic carbocycles. The summed E-state index contributed by atoms with van der Waals surface area (Å²) in [5.41, 5.74) is 2.73. The summed E-state index contributed by atoms with van der Waals surface area (Å²) in [6.07, 6.45) is 3.06. The first kappa shape index (κ1) is 13.9. The van der Waals surface area contributed by atoms with Crippen molar-refractivity contribution >= 4 is 11.3 Å². The number of thiophene rings is 1. The van der Waals surface area contributed by atoms with E-state index in [-0.39, 0.29) is 0 Å². The van der Waals surface area contributed by atoms with Gasteiger partial charge in [-0.2, -0.15) is 0 Å². The third kappa shape index (κ3) is 3.32. The van der Waals surface area contributed by atoms with Crippen LogP contribution in [0.15, 0.2) is 28.2 Å². The zero-order chi connectivity index (χ0) is 13.9. The van der Waals surface area contributed by atoms with Crippen molar-refractivity contribution in [2.75, 3.05) is 6.54 Å². The molecule has 0 saturated heterocycles. The fourth-order valence-corrected chi connectivity index (χ4v) is 3.48. The van der Waals surface area contributed by atoms with Crippen LogP contribution in [0, 0.1) is 0 Å². The van der Waals surface area contributed by atoms with Crippen molar-refractivity contribution in [3.8, 4) is 0 Å². The third-order valence-electron chi connectivity index (χ3n) is 3.69. The zero-order valence-electron chi connectivity index (χ0n) is 12.2. The van der Waals surface area contributed by atoms with Gasteiger partial charge in [0.15, 0.2) is 0 Å². The molecule has 108 valence electrons. The third-order valence-corrected chi connectivity index (χ3v) is 4.71. The SMILES string of the molecule is CC(C)NCc1coc(CN2CCc3sccc3C2)c1. The van der Waals surface area contributed by atoms with E-state index in [9.17, 15) is 0 Å². The molecule has 2 aromatic heterocycles. The first-order valence-corrected chi connectivity index (χ1v) is 8.16. The number of hydrogen-bond donors (Lipinski definition) is 1. The highest BCUT2D eigenvalue weighted by Crippen LogP contribution is 2.25. The summed E-state index contributed by atoms with van der Waals surface area (Å²) in [6.45, 7) is 8.31. The maximum absolute atomic E-state index is 5.69.